The van der Waals surface area contributed by atoms with E-state index in [1.54, 1.807) is 12.1 Å². The zero-order valence-corrected chi connectivity index (χ0v) is 18.5. The average molecular weight is 423 g/mol. The topological polar surface area (TPSA) is 75.7 Å². The number of hydrogen-bond donors (Lipinski definition) is 1. The largest absolute Gasteiger partial charge is 0.455 e. The van der Waals surface area contributed by atoms with Crippen molar-refractivity contribution in [3.63, 3.8) is 0 Å². The van der Waals surface area contributed by atoms with Gasteiger partial charge in [-0.3, -0.25) is 14.4 Å². The minimum atomic E-state index is -0.772. The Labute approximate surface area is 177 Å². The van der Waals surface area contributed by atoms with Crippen LogP contribution in [0, 0.1) is 0 Å². The van der Waals surface area contributed by atoms with Crippen molar-refractivity contribution in [1.29, 1.82) is 0 Å². The number of amides is 2. The second kappa shape index (κ2) is 9.61. The number of nitrogens with zero attached hydrogens (tertiary/aromatic N) is 1. The van der Waals surface area contributed by atoms with Crippen molar-refractivity contribution >= 4 is 29.4 Å². The van der Waals surface area contributed by atoms with Gasteiger partial charge < -0.3 is 15.0 Å². The number of likely N-dealkylation sites (N-methyl/N-ethyl adjacent to an activating group) is 1. The summed E-state index contributed by atoms with van der Waals surface area (Å²) in [4.78, 5) is 38.7. The van der Waals surface area contributed by atoms with Crippen LogP contribution in [0.25, 0.3) is 0 Å². The molecule has 0 spiro atoms. The summed E-state index contributed by atoms with van der Waals surface area (Å²) in [6.45, 7) is 5.13. The van der Waals surface area contributed by atoms with Gasteiger partial charge in [-0.1, -0.05) is 43.0 Å². The molecular weight excluding hydrogens is 392 g/mol. The average Bonchev–Trinajstić information content (AvgIpc) is 2.64. The monoisotopic (exact) mass is 422 g/mol. The highest BCUT2D eigenvalue weighted by molar-refractivity contribution is 6.30. The van der Waals surface area contributed by atoms with Crippen LogP contribution in [-0.2, 0) is 24.5 Å². The van der Waals surface area contributed by atoms with E-state index in [0.717, 1.165) is 24.8 Å². The van der Waals surface area contributed by atoms with Gasteiger partial charge >= 0.3 is 5.97 Å². The maximum Gasteiger partial charge on any atom is 0.317 e. The van der Waals surface area contributed by atoms with Crippen LogP contribution in [0.5, 0.6) is 0 Å². The van der Waals surface area contributed by atoms with E-state index in [1.165, 1.54) is 11.9 Å². The summed E-state index contributed by atoms with van der Waals surface area (Å²) < 4.78 is 5.44. The van der Waals surface area contributed by atoms with Gasteiger partial charge in [-0.05, 0) is 51.3 Å². The molecule has 1 aliphatic carbocycles. The van der Waals surface area contributed by atoms with E-state index < -0.39 is 17.3 Å². The highest BCUT2D eigenvalue weighted by Gasteiger charge is 2.43. The van der Waals surface area contributed by atoms with Crippen LogP contribution in [0.3, 0.4) is 0 Å². The lowest BCUT2D eigenvalue weighted by Crippen LogP contribution is -2.47. The van der Waals surface area contributed by atoms with Gasteiger partial charge in [-0.15, -0.1) is 0 Å². The number of hydrogen-bond acceptors (Lipinski definition) is 4. The second-order valence-electron chi connectivity index (χ2n) is 8.78. The number of carbonyl (C=O) groups is 3. The van der Waals surface area contributed by atoms with Crippen molar-refractivity contribution in [3.05, 3.63) is 34.9 Å². The van der Waals surface area contributed by atoms with Gasteiger partial charge in [0, 0.05) is 17.6 Å². The van der Waals surface area contributed by atoms with Gasteiger partial charge in [0.15, 0.2) is 6.61 Å². The molecule has 29 heavy (non-hydrogen) atoms. The molecule has 7 heteroatoms. The quantitative estimate of drug-likeness (QED) is 0.712. The molecule has 1 aromatic carbocycles. The number of esters is 1. The lowest BCUT2D eigenvalue weighted by molar-refractivity contribution is -0.158. The number of carbonyl (C=O) groups excluding carboxylic acids is 3. The molecular formula is C22H31ClN2O4. The predicted molar refractivity (Wildman–Crippen MR) is 113 cm³/mol. The minimum absolute atomic E-state index is 0.0902. The first kappa shape index (κ1) is 23.2. The fraction of sp³-hybridized carbons (Fsp3) is 0.591. The van der Waals surface area contributed by atoms with Crippen LogP contribution in [-0.4, -0.2) is 48.4 Å². The molecule has 2 amide bonds. The summed E-state index contributed by atoms with van der Waals surface area (Å²) in [7, 11) is 1.52. The van der Waals surface area contributed by atoms with Crippen molar-refractivity contribution in [2.24, 2.45) is 0 Å². The van der Waals surface area contributed by atoms with Crippen LogP contribution < -0.4 is 5.32 Å². The van der Waals surface area contributed by atoms with Crippen molar-refractivity contribution in [2.75, 3.05) is 20.2 Å². The van der Waals surface area contributed by atoms with Crippen molar-refractivity contribution in [2.45, 2.75) is 63.8 Å². The van der Waals surface area contributed by atoms with E-state index in [-0.39, 0.29) is 24.6 Å². The standard InChI is InChI=1S/C22H31ClN2O4/c1-21(2,3)24-18(26)14-25(4)19(27)15-29-20(28)22(11-6-5-7-12-22)16-9-8-10-17(23)13-16/h8-10,13H,5-7,11-12,14-15H2,1-4H3,(H,24,26). The molecule has 0 heterocycles. The van der Waals surface area contributed by atoms with Gasteiger partial charge in [0.2, 0.25) is 5.91 Å². The maximum atomic E-state index is 13.1. The Morgan fingerprint density at radius 2 is 1.83 bits per heavy atom. The van der Waals surface area contributed by atoms with Crippen LogP contribution in [0.1, 0.15) is 58.4 Å². The Morgan fingerprint density at radius 3 is 2.41 bits per heavy atom. The number of benzene rings is 1. The minimum Gasteiger partial charge on any atom is -0.455 e. The van der Waals surface area contributed by atoms with Crippen LogP contribution in [0.15, 0.2) is 24.3 Å². The molecule has 0 saturated heterocycles. The molecule has 1 fully saturated rings. The van der Waals surface area contributed by atoms with E-state index in [1.807, 2.05) is 32.9 Å². The van der Waals surface area contributed by atoms with Gasteiger partial charge in [0.1, 0.15) is 0 Å². The molecule has 6 nitrogen and oxygen atoms in total. The summed E-state index contributed by atoms with van der Waals surface area (Å²) >= 11 is 6.14. The first-order chi connectivity index (χ1) is 13.5. The molecule has 0 unspecified atom stereocenters. The van der Waals surface area contributed by atoms with Gasteiger partial charge in [0.25, 0.3) is 5.91 Å². The van der Waals surface area contributed by atoms with Crippen molar-refractivity contribution in [3.8, 4) is 0 Å². The van der Waals surface area contributed by atoms with E-state index in [9.17, 15) is 14.4 Å². The highest BCUT2D eigenvalue weighted by Crippen LogP contribution is 2.41. The highest BCUT2D eigenvalue weighted by atomic mass is 35.5. The predicted octanol–water partition coefficient (Wildman–Crippen LogP) is 3.46. The van der Waals surface area contributed by atoms with Crippen molar-refractivity contribution < 1.29 is 19.1 Å². The number of ether oxygens (including phenoxy) is 1. The lowest BCUT2D eigenvalue weighted by atomic mass is 9.69. The zero-order valence-electron chi connectivity index (χ0n) is 17.7. The van der Waals surface area contributed by atoms with Crippen molar-refractivity contribution in [1.82, 2.24) is 10.2 Å². The third-order valence-electron chi connectivity index (χ3n) is 5.12. The van der Waals surface area contributed by atoms with E-state index >= 15 is 0 Å². The van der Waals surface area contributed by atoms with Crippen LogP contribution in [0.4, 0.5) is 0 Å². The third-order valence-corrected chi connectivity index (χ3v) is 5.36. The van der Waals surface area contributed by atoms with Gasteiger partial charge in [-0.25, -0.2) is 0 Å². The summed E-state index contributed by atoms with van der Waals surface area (Å²) in [5.74, 6) is -1.08. The van der Waals surface area contributed by atoms with E-state index in [2.05, 4.69) is 5.32 Å². The molecule has 0 bridgehead atoms. The van der Waals surface area contributed by atoms with Crippen LogP contribution >= 0.6 is 11.6 Å². The Kier molecular flexibility index (Phi) is 7.69. The van der Waals surface area contributed by atoms with Crippen LogP contribution in [0.2, 0.25) is 5.02 Å². The molecule has 1 aromatic rings. The number of halogens is 1. The maximum absolute atomic E-state index is 13.1. The molecule has 160 valence electrons. The summed E-state index contributed by atoms with van der Waals surface area (Å²) in [5, 5.41) is 3.37. The lowest BCUT2D eigenvalue weighted by Gasteiger charge is -2.35. The Morgan fingerprint density at radius 1 is 1.17 bits per heavy atom. The molecule has 0 aromatic heterocycles. The Hall–Kier alpha value is -2.08. The van der Waals surface area contributed by atoms with Gasteiger partial charge in [-0.2, -0.15) is 0 Å². The summed E-state index contributed by atoms with van der Waals surface area (Å²) in [6.07, 6.45) is 4.25. The normalized spacial score (nSPS) is 16.0. The molecule has 0 aliphatic heterocycles. The molecule has 0 atom stereocenters. The van der Waals surface area contributed by atoms with E-state index in [4.69, 9.17) is 16.3 Å². The fourth-order valence-electron chi connectivity index (χ4n) is 3.69. The molecule has 0 radical (unpaired) electrons. The number of nitrogens with one attached hydrogen (secondary N) is 1. The smallest absolute Gasteiger partial charge is 0.317 e. The SMILES string of the molecule is CN(CC(=O)NC(C)(C)C)C(=O)COC(=O)C1(c2cccc(Cl)c2)CCCCC1. The zero-order chi connectivity index (χ0) is 21.7. The fourth-order valence-corrected chi connectivity index (χ4v) is 3.88. The number of rotatable bonds is 6. The summed E-state index contributed by atoms with van der Waals surface area (Å²) in [6, 6.07) is 7.30. The molecule has 1 aliphatic rings. The summed E-state index contributed by atoms with van der Waals surface area (Å²) in [5.41, 5.74) is -0.316. The molecule has 2 rings (SSSR count). The first-order valence-electron chi connectivity index (χ1n) is 10.0. The third kappa shape index (κ3) is 6.46. The van der Waals surface area contributed by atoms with E-state index in [0.29, 0.717) is 17.9 Å². The molecule has 1 N–H and O–H groups in total. The molecule has 1 saturated carbocycles. The second-order valence-corrected chi connectivity index (χ2v) is 9.21. The Bertz CT molecular complexity index is 751. The Balaban J connectivity index is 2.01. The first-order valence-corrected chi connectivity index (χ1v) is 10.4. The van der Waals surface area contributed by atoms with Gasteiger partial charge in [0.05, 0.1) is 12.0 Å².